The van der Waals surface area contributed by atoms with Crippen molar-refractivity contribution < 1.29 is 9.53 Å². The lowest BCUT2D eigenvalue weighted by Gasteiger charge is -2.37. The van der Waals surface area contributed by atoms with E-state index in [4.69, 9.17) is 10.5 Å². The molecule has 0 bridgehead atoms. The van der Waals surface area contributed by atoms with Gasteiger partial charge in [-0.3, -0.25) is 4.79 Å². The van der Waals surface area contributed by atoms with Crippen LogP contribution in [0.2, 0.25) is 0 Å². The van der Waals surface area contributed by atoms with Crippen molar-refractivity contribution in [1.82, 2.24) is 5.32 Å². The summed E-state index contributed by atoms with van der Waals surface area (Å²) in [6.45, 7) is 4.66. The summed E-state index contributed by atoms with van der Waals surface area (Å²) in [4.78, 5) is 12.4. The summed E-state index contributed by atoms with van der Waals surface area (Å²) in [7, 11) is 1.68. The van der Waals surface area contributed by atoms with Gasteiger partial charge in [0.05, 0.1) is 13.0 Å². The first kappa shape index (κ1) is 16.8. The van der Waals surface area contributed by atoms with Crippen LogP contribution in [0.5, 0.6) is 5.75 Å². The van der Waals surface area contributed by atoms with Gasteiger partial charge in [0.1, 0.15) is 5.75 Å². The zero-order valence-electron chi connectivity index (χ0n) is 13.9. The van der Waals surface area contributed by atoms with Crippen molar-refractivity contribution >= 4 is 5.91 Å². The number of rotatable bonds is 5. The molecule has 122 valence electrons. The summed E-state index contributed by atoms with van der Waals surface area (Å²) >= 11 is 0. The van der Waals surface area contributed by atoms with Crippen LogP contribution in [0.15, 0.2) is 18.2 Å². The average molecular weight is 304 g/mol. The van der Waals surface area contributed by atoms with Crippen molar-refractivity contribution in [2.24, 2.45) is 11.7 Å². The van der Waals surface area contributed by atoms with Crippen molar-refractivity contribution in [2.75, 3.05) is 13.7 Å². The molecule has 0 heterocycles. The first-order valence-corrected chi connectivity index (χ1v) is 8.14. The van der Waals surface area contributed by atoms with Crippen molar-refractivity contribution in [2.45, 2.75) is 51.5 Å². The highest BCUT2D eigenvalue weighted by molar-refractivity contribution is 5.80. The zero-order chi connectivity index (χ0) is 16.2. The molecule has 2 atom stereocenters. The van der Waals surface area contributed by atoms with Gasteiger partial charge in [-0.25, -0.2) is 0 Å². The quantitative estimate of drug-likeness (QED) is 0.878. The van der Waals surface area contributed by atoms with Gasteiger partial charge in [-0.15, -0.1) is 0 Å². The van der Waals surface area contributed by atoms with Crippen LogP contribution in [0.1, 0.15) is 43.7 Å². The van der Waals surface area contributed by atoms with E-state index in [9.17, 15) is 4.79 Å². The van der Waals surface area contributed by atoms with Crippen LogP contribution in [0.4, 0.5) is 0 Å². The number of aryl methyl sites for hydroxylation is 1. The van der Waals surface area contributed by atoms with E-state index < -0.39 is 0 Å². The maximum absolute atomic E-state index is 12.4. The number of carbonyl (C=O) groups is 1. The molecule has 1 aliphatic rings. The fourth-order valence-corrected chi connectivity index (χ4v) is 3.26. The number of amides is 1. The molecule has 1 amide bonds. The van der Waals surface area contributed by atoms with Gasteiger partial charge in [0.15, 0.2) is 0 Å². The summed E-state index contributed by atoms with van der Waals surface area (Å²) < 4.78 is 5.33. The third-order valence-corrected chi connectivity index (χ3v) is 4.76. The largest absolute Gasteiger partial charge is 0.496 e. The smallest absolute Gasteiger partial charge is 0.224 e. The van der Waals surface area contributed by atoms with Crippen LogP contribution in [0.25, 0.3) is 0 Å². The van der Waals surface area contributed by atoms with E-state index in [2.05, 4.69) is 11.4 Å². The second-order valence-electron chi connectivity index (χ2n) is 6.65. The van der Waals surface area contributed by atoms with Gasteiger partial charge in [-0.1, -0.05) is 25.0 Å². The van der Waals surface area contributed by atoms with Gasteiger partial charge in [-0.2, -0.15) is 0 Å². The molecule has 0 saturated heterocycles. The lowest BCUT2D eigenvalue weighted by atomic mass is 9.74. The summed E-state index contributed by atoms with van der Waals surface area (Å²) in [6.07, 6.45) is 4.85. The van der Waals surface area contributed by atoms with Crippen LogP contribution in [-0.4, -0.2) is 25.1 Å². The molecule has 2 unspecified atom stereocenters. The number of methoxy groups -OCH3 is 1. The standard InChI is InChI=1S/C18H28N2O2/c1-13-7-8-14(12-16(13)22-3)9-11-20-17(21)15-6-4-5-10-18(15,2)19/h7-8,12,15H,4-6,9-11,19H2,1-3H3,(H,20,21). The van der Waals surface area contributed by atoms with Crippen molar-refractivity contribution in [1.29, 1.82) is 0 Å². The molecule has 22 heavy (non-hydrogen) atoms. The molecule has 1 saturated carbocycles. The molecule has 0 radical (unpaired) electrons. The molecule has 3 N–H and O–H groups in total. The van der Waals surface area contributed by atoms with Gasteiger partial charge in [0.2, 0.25) is 5.91 Å². The highest BCUT2D eigenvalue weighted by Crippen LogP contribution is 2.31. The molecular formula is C18H28N2O2. The topological polar surface area (TPSA) is 64.3 Å². The summed E-state index contributed by atoms with van der Waals surface area (Å²) in [5.41, 5.74) is 8.21. The van der Waals surface area contributed by atoms with Crippen LogP contribution < -0.4 is 15.8 Å². The van der Waals surface area contributed by atoms with Crippen LogP contribution >= 0.6 is 0 Å². The van der Waals surface area contributed by atoms with E-state index in [1.54, 1.807) is 7.11 Å². The van der Waals surface area contributed by atoms with Gasteiger partial charge in [0.25, 0.3) is 0 Å². The molecule has 1 aromatic carbocycles. The molecule has 4 heteroatoms. The van der Waals surface area contributed by atoms with Crippen molar-refractivity contribution in [3.8, 4) is 5.75 Å². The molecular weight excluding hydrogens is 276 g/mol. The number of carbonyl (C=O) groups excluding carboxylic acids is 1. The molecule has 2 rings (SSSR count). The van der Waals surface area contributed by atoms with Crippen LogP contribution in [-0.2, 0) is 11.2 Å². The monoisotopic (exact) mass is 304 g/mol. The van der Waals surface area contributed by atoms with E-state index in [1.807, 2.05) is 26.0 Å². The first-order chi connectivity index (χ1) is 10.4. The molecule has 1 aromatic rings. The highest BCUT2D eigenvalue weighted by Gasteiger charge is 2.37. The number of benzene rings is 1. The SMILES string of the molecule is COc1cc(CCNC(=O)C2CCCCC2(C)N)ccc1C. The maximum Gasteiger partial charge on any atom is 0.224 e. The zero-order valence-corrected chi connectivity index (χ0v) is 13.9. The maximum atomic E-state index is 12.4. The fourth-order valence-electron chi connectivity index (χ4n) is 3.26. The minimum atomic E-state index is -0.366. The second-order valence-corrected chi connectivity index (χ2v) is 6.65. The van der Waals surface area contributed by atoms with E-state index in [0.29, 0.717) is 6.54 Å². The Morgan fingerprint density at radius 3 is 2.91 bits per heavy atom. The second kappa shape index (κ2) is 7.14. The molecule has 1 fully saturated rings. The predicted molar refractivity (Wildman–Crippen MR) is 89.0 cm³/mol. The molecule has 1 aliphatic carbocycles. The van der Waals surface area contributed by atoms with Gasteiger partial charge >= 0.3 is 0 Å². The van der Waals surface area contributed by atoms with Crippen LogP contribution in [0.3, 0.4) is 0 Å². The number of hydrogen-bond donors (Lipinski definition) is 2. The lowest BCUT2D eigenvalue weighted by molar-refractivity contribution is -0.128. The number of hydrogen-bond acceptors (Lipinski definition) is 3. The Hall–Kier alpha value is -1.55. The Kier molecular flexibility index (Phi) is 5.46. The minimum absolute atomic E-state index is 0.0613. The Morgan fingerprint density at radius 2 is 2.23 bits per heavy atom. The average Bonchev–Trinajstić information content (AvgIpc) is 2.48. The Balaban J connectivity index is 1.86. The molecule has 4 nitrogen and oxygen atoms in total. The first-order valence-electron chi connectivity index (χ1n) is 8.14. The lowest BCUT2D eigenvalue weighted by Crippen LogP contribution is -2.53. The molecule has 0 aromatic heterocycles. The molecule has 0 aliphatic heterocycles. The third kappa shape index (κ3) is 4.01. The normalized spacial score (nSPS) is 24.8. The Morgan fingerprint density at radius 1 is 1.45 bits per heavy atom. The van der Waals surface area contributed by atoms with E-state index in [-0.39, 0.29) is 17.4 Å². The summed E-state index contributed by atoms with van der Waals surface area (Å²) in [5, 5.41) is 3.05. The van der Waals surface area contributed by atoms with Crippen molar-refractivity contribution in [3.63, 3.8) is 0 Å². The fraction of sp³-hybridized carbons (Fsp3) is 0.611. The predicted octanol–water partition coefficient (Wildman–Crippen LogP) is 2.57. The van der Waals surface area contributed by atoms with Gasteiger partial charge < -0.3 is 15.8 Å². The minimum Gasteiger partial charge on any atom is -0.496 e. The van der Waals surface area contributed by atoms with E-state index >= 15 is 0 Å². The van der Waals surface area contributed by atoms with Gasteiger partial charge in [0, 0.05) is 12.1 Å². The third-order valence-electron chi connectivity index (χ3n) is 4.76. The van der Waals surface area contributed by atoms with Crippen LogP contribution in [0, 0.1) is 12.8 Å². The summed E-state index contributed by atoms with van der Waals surface area (Å²) in [6, 6.07) is 6.17. The van der Waals surface area contributed by atoms with Crippen molar-refractivity contribution in [3.05, 3.63) is 29.3 Å². The number of nitrogens with one attached hydrogen (secondary N) is 1. The molecule has 0 spiro atoms. The number of nitrogens with two attached hydrogens (primary N) is 1. The summed E-state index contributed by atoms with van der Waals surface area (Å²) in [5.74, 6) is 0.934. The Bertz CT molecular complexity index is 526. The number of ether oxygens (including phenoxy) is 1. The van der Waals surface area contributed by atoms with Gasteiger partial charge in [-0.05, 0) is 50.3 Å². The Labute approximate surface area is 133 Å². The highest BCUT2D eigenvalue weighted by atomic mass is 16.5. The van der Waals surface area contributed by atoms with E-state index in [0.717, 1.165) is 43.4 Å². The van der Waals surface area contributed by atoms with E-state index in [1.165, 1.54) is 5.56 Å².